The van der Waals surface area contributed by atoms with Crippen LogP contribution in [0, 0.1) is 5.92 Å². The number of carbonyl (C=O) groups is 2. The monoisotopic (exact) mass is 449 g/mol. The lowest BCUT2D eigenvalue weighted by Gasteiger charge is -2.28. The fourth-order valence-electron chi connectivity index (χ4n) is 3.86. The summed E-state index contributed by atoms with van der Waals surface area (Å²) in [6.45, 7) is 3.56. The predicted molar refractivity (Wildman–Crippen MR) is 128 cm³/mol. The van der Waals surface area contributed by atoms with E-state index in [1.54, 1.807) is 36.9 Å². The molecule has 0 saturated carbocycles. The SMILES string of the molecule is CSc1ccccc1C1C(C(=O)C(C)C)=C(O)C(=O)N1c1ccc(-c2ccsc2)cc1. The molecular weight excluding hydrogens is 426 g/mol. The first-order chi connectivity index (χ1) is 14.9. The number of hydrogen-bond acceptors (Lipinski definition) is 5. The van der Waals surface area contributed by atoms with Crippen LogP contribution >= 0.6 is 23.1 Å². The van der Waals surface area contributed by atoms with Gasteiger partial charge in [-0.3, -0.25) is 14.5 Å². The van der Waals surface area contributed by atoms with Crippen LogP contribution < -0.4 is 4.90 Å². The third-order valence-electron chi connectivity index (χ3n) is 5.43. The lowest BCUT2D eigenvalue weighted by molar-refractivity contribution is -0.119. The number of thiophene rings is 1. The number of hydrogen-bond donors (Lipinski definition) is 1. The van der Waals surface area contributed by atoms with Crippen molar-refractivity contribution in [2.24, 2.45) is 5.92 Å². The van der Waals surface area contributed by atoms with Crippen LogP contribution in [0.5, 0.6) is 0 Å². The van der Waals surface area contributed by atoms with Crippen molar-refractivity contribution in [2.75, 3.05) is 11.2 Å². The van der Waals surface area contributed by atoms with E-state index in [1.165, 1.54) is 4.90 Å². The van der Waals surface area contributed by atoms with Crippen molar-refractivity contribution in [3.8, 4) is 11.1 Å². The molecule has 158 valence electrons. The van der Waals surface area contributed by atoms with Crippen molar-refractivity contribution >= 4 is 40.5 Å². The number of carbonyl (C=O) groups excluding carboxylic acids is 2. The lowest BCUT2D eigenvalue weighted by Crippen LogP contribution is -2.31. The van der Waals surface area contributed by atoms with Crippen LogP contribution in [-0.4, -0.2) is 23.1 Å². The molecule has 0 saturated heterocycles. The third-order valence-corrected chi connectivity index (χ3v) is 6.93. The molecule has 3 aromatic rings. The van der Waals surface area contributed by atoms with Crippen molar-refractivity contribution < 1.29 is 14.7 Å². The van der Waals surface area contributed by atoms with Crippen LogP contribution in [-0.2, 0) is 9.59 Å². The van der Waals surface area contributed by atoms with Crippen LogP contribution in [0.15, 0.2) is 81.6 Å². The molecule has 0 spiro atoms. The Kier molecular flexibility index (Phi) is 6.03. The minimum atomic E-state index is -0.668. The molecule has 4 nitrogen and oxygen atoms in total. The maximum absolute atomic E-state index is 13.2. The number of benzene rings is 2. The van der Waals surface area contributed by atoms with Gasteiger partial charge in [0.15, 0.2) is 11.5 Å². The van der Waals surface area contributed by atoms with Gasteiger partial charge in [-0.1, -0.05) is 44.2 Å². The van der Waals surface area contributed by atoms with Gasteiger partial charge in [0.1, 0.15) is 0 Å². The number of rotatable bonds is 6. The quantitative estimate of drug-likeness (QED) is 0.451. The van der Waals surface area contributed by atoms with Crippen LogP contribution in [0.1, 0.15) is 25.5 Å². The van der Waals surface area contributed by atoms with Gasteiger partial charge < -0.3 is 5.11 Å². The minimum Gasteiger partial charge on any atom is -0.503 e. The molecule has 0 aliphatic carbocycles. The zero-order valence-corrected chi connectivity index (χ0v) is 19.2. The topological polar surface area (TPSA) is 57.6 Å². The van der Waals surface area contributed by atoms with Crippen molar-refractivity contribution in [3.05, 3.63) is 82.3 Å². The Morgan fingerprint density at radius 1 is 1.06 bits per heavy atom. The summed E-state index contributed by atoms with van der Waals surface area (Å²) in [5.41, 5.74) is 3.81. The summed E-state index contributed by atoms with van der Waals surface area (Å²) >= 11 is 3.18. The van der Waals surface area contributed by atoms with E-state index in [4.69, 9.17) is 0 Å². The molecule has 1 aliphatic rings. The number of nitrogens with zero attached hydrogens (tertiary/aromatic N) is 1. The Labute approximate surface area is 190 Å². The third kappa shape index (κ3) is 3.82. The summed E-state index contributed by atoms with van der Waals surface area (Å²) < 4.78 is 0. The smallest absolute Gasteiger partial charge is 0.294 e. The fraction of sp³-hybridized carbons (Fsp3) is 0.200. The van der Waals surface area contributed by atoms with Crippen LogP contribution in [0.2, 0.25) is 0 Å². The highest BCUT2D eigenvalue weighted by atomic mass is 32.2. The highest BCUT2D eigenvalue weighted by Gasteiger charge is 2.45. The standard InChI is InChI=1S/C25H23NO3S2/c1-15(2)23(27)21-22(19-6-4-5-7-20(19)30-3)26(25(29)24(21)28)18-10-8-16(9-11-18)17-12-13-31-14-17/h4-15,22,28H,1-3H3. The summed E-state index contributed by atoms with van der Waals surface area (Å²) in [6.07, 6.45) is 1.96. The van der Waals surface area contributed by atoms with E-state index in [9.17, 15) is 14.7 Å². The number of ketones is 1. The summed E-state index contributed by atoms with van der Waals surface area (Å²) in [5, 5.41) is 14.9. The van der Waals surface area contributed by atoms with Gasteiger partial charge in [-0.15, -0.1) is 11.8 Å². The Balaban J connectivity index is 1.84. The zero-order chi connectivity index (χ0) is 22.1. The van der Waals surface area contributed by atoms with Gasteiger partial charge in [0, 0.05) is 16.5 Å². The molecule has 2 heterocycles. The van der Waals surface area contributed by atoms with Crippen LogP contribution in [0.3, 0.4) is 0 Å². The van der Waals surface area contributed by atoms with Gasteiger partial charge >= 0.3 is 0 Å². The molecule has 6 heteroatoms. The van der Waals surface area contributed by atoms with E-state index in [0.717, 1.165) is 21.6 Å². The van der Waals surface area contributed by atoms with Gasteiger partial charge in [-0.2, -0.15) is 11.3 Å². The number of aliphatic hydroxyl groups excluding tert-OH is 1. The summed E-state index contributed by atoms with van der Waals surface area (Å²) in [6, 6.07) is 16.7. The first kappa shape index (κ1) is 21.4. The maximum Gasteiger partial charge on any atom is 0.294 e. The first-order valence-corrected chi connectivity index (χ1v) is 12.2. The summed E-state index contributed by atoms with van der Waals surface area (Å²) in [7, 11) is 0. The second-order valence-electron chi connectivity index (χ2n) is 7.66. The minimum absolute atomic E-state index is 0.170. The van der Waals surface area contributed by atoms with Gasteiger partial charge in [-0.25, -0.2) is 0 Å². The Hall–Kier alpha value is -2.83. The molecule has 1 N–H and O–H groups in total. The van der Waals surface area contributed by atoms with Crippen LogP contribution in [0.25, 0.3) is 11.1 Å². The molecule has 1 amide bonds. The van der Waals surface area contributed by atoms with Crippen LogP contribution in [0.4, 0.5) is 5.69 Å². The number of amides is 1. The Bertz CT molecular complexity index is 1150. The zero-order valence-electron chi connectivity index (χ0n) is 17.5. The predicted octanol–water partition coefficient (Wildman–Crippen LogP) is 6.26. The molecule has 1 atom stereocenters. The van der Waals surface area contributed by atoms with Gasteiger partial charge in [0.05, 0.1) is 11.6 Å². The van der Waals surface area contributed by atoms with Gasteiger partial charge in [-0.05, 0) is 58.0 Å². The molecule has 4 rings (SSSR count). The van der Waals surface area contributed by atoms with Crippen molar-refractivity contribution in [1.29, 1.82) is 0 Å². The molecule has 0 fully saturated rings. The molecule has 1 aliphatic heterocycles. The van der Waals surface area contributed by atoms with Crippen molar-refractivity contribution in [1.82, 2.24) is 0 Å². The fourth-order valence-corrected chi connectivity index (χ4v) is 5.16. The summed E-state index contributed by atoms with van der Waals surface area (Å²) in [5.74, 6) is -1.56. The normalized spacial score (nSPS) is 16.5. The lowest BCUT2D eigenvalue weighted by atomic mass is 9.91. The maximum atomic E-state index is 13.2. The molecule has 2 aromatic carbocycles. The van der Waals surface area contributed by atoms with E-state index >= 15 is 0 Å². The number of Topliss-reactive ketones (excluding diaryl/α,β-unsaturated/α-hetero) is 1. The largest absolute Gasteiger partial charge is 0.503 e. The average Bonchev–Trinajstić information content (AvgIpc) is 3.41. The second kappa shape index (κ2) is 8.73. The van der Waals surface area contributed by atoms with E-state index in [1.807, 2.05) is 66.2 Å². The van der Waals surface area contributed by atoms with Gasteiger partial charge in [0.25, 0.3) is 5.91 Å². The van der Waals surface area contributed by atoms with Crippen molar-refractivity contribution in [2.45, 2.75) is 24.8 Å². The van der Waals surface area contributed by atoms with Crippen molar-refractivity contribution in [3.63, 3.8) is 0 Å². The Morgan fingerprint density at radius 3 is 2.39 bits per heavy atom. The molecule has 31 heavy (non-hydrogen) atoms. The molecule has 0 radical (unpaired) electrons. The number of aliphatic hydroxyl groups is 1. The van der Waals surface area contributed by atoms with Gasteiger partial charge in [0.2, 0.25) is 0 Å². The van der Waals surface area contributed by atoms with E-state index in [-0.39, 0.29) is 17.3 Å². The highest BCUT2D eigenvalue weighted by Crippen LogP contribution is 2.44. The number of anilines is 1. The van der Waals surface area contributed by atoms with E-state index in [0.29, 0.717) is 5.69 Å². The second-order valence-corrected chi connectivity index (χ2v) is 9.29. The molecule has 1 aromatic heterocycles. The molecule has 1 unspecified atom stereocenters. The molecular formula is C25H23NO3S2. The number of thioether (sulfide) groups is 1. The van der Waals surface area contributed by atoms with E-state index in [2.05, 4.69) is 5.38 Å². The average molecular weight is 450 g/mol. The molecule has 0 bridgehead atoms. The summed E-state index contributed by atoms with van der Waals surface area (Å²) in [4.78, 5) is 28.8. The first-order valence-electron chi connectivity index (χ1n) is 10.0. The van der Waals surface area contributed by atoms with E-state index < -0.39 is 17.7 Å². The highest BCUT2D eigenvalue weighted by molar-refractivity contribution is 7.98. The Morgan fingerprint density at radius 2 is 1.77 bits per heavy atom.